The number of nitrogens with zero attached hydrogens (tertiary/aromatic N) is 3. The number of aryl methyl sites for hydroxylation is 1. The Morgan fingerprint density at radius 1 is 1.12 bits per heavy atom. The molecule has 0 aliphatic heterocycles. The Balaban J connectivity index is 1.51. The van der Waals surface area contributed by atoms with Crippen LogP contribution in [0.2, 0.25) is 0 Å². The zero-order valence-electron chi connectivity index (χ0n) is 18.0. The average Bonchev–Trinajstić information content (AvgIpc) is 3.45. The SMILES string of the molecule is CCCCCOc1ccccc1C=c1sc2nc(-c3oc4ccccc4c3C)nn2c1=O. The molecule has 5 rings (SSSR count). The number of ether oxygens (including phenoxy) is 1. The molecule has 0 radical (unpaired) electrons. The number of aromatic nitrogens is 3. The molecule has 0 aliphatic carbocycles. The van der Waals surface area contributed by atoms with Gasteiger partial charge >= 0.3 is 0 Å². The molecule has 3 aromatic heterocycles. The van der Waals surface area contributed by atoms with Gasteiger partial charge in [-0.05, 0) is 31.6 Å². The van der Waals surface area contributed by atoms with Gasteiger partial charge in [-0.2, -0.15) is 9.50 Å². The Morgan fingerprint density at radius 2 is 1.94 bits per heavy atom. The van der Waals surface area contributed by atoms with Crippen molar-refractivity contribution < 1.29 is 9.15 Å². The number of hydrogen-bond acceptors (Lipinski definition) is 6. The van der Waals surface area contributed by atoms with Crippen molar-refractivity contribution in [1.29, 1.82) is 0 Å². The quantitative estimate of drug-likeness (QED) is 0.330. The molecule has 0 bridgehead atoms. The highest BCUT2D eigenvalue weighted by Crippen LogP contribution is 2.31. The summed E-state index contributed by atoms with van der Waals surface area (Å²) in [5, 5.41) is 5.47. The van der Waals surface area contributed by atoms with E-state index >= 15 is 0 Å². The van der Waals surface area contributed by atoms with Gasteiger partial charge in [0.15, 0.2) is 5.76 Å². The van der Waals surface area contributed by atoms with Gasteiger partial charge in [0.25, 0.3) is 5.56 Å². The maximum atomic E-state index is 13.0. The first-order chi connectivity index (χ1) is 15.7. The van der Waals surface area contributed by atoms with E-state index in [9.17, 15) is 4.79 Å². The number of unbranched alkanes of at least 4 members (excludes halogenated alkanes) is 2. The molecule has 32 heavy (non-hydrogen) atoms. The highest BCUT2D eigenvalue weighted by Gasteiger charge is 2.19. The molecule has 0 fully saturated rings. The summed E-state index contributed by atoms with van der Waals surface area (Å²) in [5.41, 5.74) is 2.43. The molecular weight excluding hydrogens is 422 g/mol. The summed E-state index contributed by atoms with van der Waals surface area (Å²) in [4.78, 5) is 18.1. The first-order valence-corrected chi connectivity index (χ1v) is 11.6. The average molecular weight is 446 g/mol. The monoisotopic (exact) mass is 445 g/mol. The van der Waals surface area contributed by atoms with Crippen LogP contribution in [-0.2, 0) is 0 Å². The Kier molecular flexibility index (Phi) is 5.49. The number of furan rings is 1. The molecule has 0 spiro atoms. The van der Waals surface area contributed by atoms with E-state index < -0.39 is 0 Å². The van der Waals surface area contributed by atoms with Crippen molar-refractivity contribution in [2.24, 2.45) is 0 Å². The molecule has 0 atom stereocenters. The van der Waals surface area contributed by atoms with E-state index in [-0.39, 0.29) is 5.56 Å². The van der Waals surface area contributed by atoms with E-state index in [0.29, 0.717) is 27.7 Å². The molecule has 5 aromatic rings. The van der Waals surface area contributed by atoms with Gasteiger partial charge in [0.1, 0.15) is 11.3 Å². The minimum atomic E-state index is -0.196. The van der Waals surface area contributed by atoms with Crippen LogP contribution in [0.25, 0.3) is 33.6 Å². The van der Waals surface area contributed by atoms with Crippen LogP contribution in [0.1, 0.15) is 37.3 Å². The van der Waals surface area contributed by atoms with Crippen LogP contribution in [-0.4, -0.2) is 21.2 Å². The standard InChI is InChI=1S/C25H23N3O3S/c1-3-4-9-14-30-19-12-7-5-10-17(19)15-21-24(29)28-25(32-21)26-23(27-28)22-16(2)18-11-6-8-13-20(18)31-22/h5-8,10-13,15H,3-4,9,14H2,1-2H3. The molecule has 0 N–H and O–H groups in total. The summed E-state index contributed by atoms with van der Waals surface area (Å²) >= 11 is 1.31. The molecule has 0 saturated heterocycles. The third kappa shape index (κ3) is 3.69. The fourth-order valence-electron chi connectivity index (χ4n) is 3.72. The minimum Gasteiger partial charge on any atom is -0.493 e. The summed E-state index contributed by atoms with van der Waals surface area (Å²) in [6.07, 6.45) is 5.15. The summed E-state index contributed by atoms with van der Waals surface area (Å²) in [6, 6.07) is 15.6. The lowest BCUT2D eigenvalue weighted by Crippen LogP contribution is -2.23. The fourth-order valence-corrected chi connectivity index (χ4v) is 4.62. The van der Waals surface area contributed by atoms with Crippen molar-refractivity contribution in [1.82, 2.24) is 14.6 Å². The molecule has 3 heterocycles. The van der Waals surface area contributed by atoms with E-state index in [1.165, 1.54) is 15.9 Å². The largest absolute Gasteiger partial charge is 0.493 e. The summed E-state index contributed by atoms with van der Waals surface area (Å²) in [7, 11) is 0. The molecule has 0 amide bonds. The Morgan fingerprint density at radius 3 is 2.75 bits per heavy atom. The number of benzene rings is 2. The van der Waals surface area contributed by atoms with Crippen molar-refractivity contribution in [3.8, 4) is 17.3 Å². The normalized spacial score (nSPS) is 12.2. The molecular formula is C25H23N3O3S. The van der Waals surface area contributed by atoms with Crippen LogP contribution in [0.5, 0.6) is 5.75 Å². The van der Waals surface area contributed by atoms with Crippen LogP contribution >= 0.6 is 11.3 Å². The van der Waals surface area contributed by atoms with Gasteiger partial charge in [0.2, 0.25) is 10.8 Å². The molecule has 6 nitrogen and oxygen atoms in total. The zero-order chi connectivity index (χ0) is 22.1. The van der Waals surface area contributed by atoms with Gasteiger partial charge in [0, 0.05) is 16.5 Å². The van der Waals surface area contributed by atoms with Gasteiger partial charge in [-0.1, -0.05) is 67.5 Å². The van der Waals surface area contributed by atoms with Crippen LogP contribution in [0.15, 0.2) is 57.7 Å². The number of thiazole rings is 1. The molecule has 0 saturated carbocycles. The predicted octanol–water partition coefficient (Wildman–Crippen LogP) is 4.99. The van der Waals surface area contributed by atoms with Gasteiger partial charge in [-0.15, -0.1) is 5.10 Å². The molecule has 2 aromatic carbocycles. The van der Waals surface area contributed by atoms with Crippen molar-refractivity contribution in [3.63, 3.8) is 0 Å². The third-order valence-electron chi connectivity index (χ3n) is 5.44. The molecule has 0 unspecified atom stereocenters. The van der Waals surface area contributed by atoms with Crippen LogP contribution < -0.4 is 14.8 Å². The number of rotatable bonds is 7. The second-order valence-electron chi connectivity index (χ2n) is 7.69. The van der Waals surface area contributed by atoms with E-state index in [0.717, 1.165) is 47.1 Å². The van der Waals surface area contributed by atoms with Gasteiger partial charge < -0.3 is 9.15 Å². The van der Waals surface area contributed by atoms with Crippen molar-refractivity contribution in [2.75, 3.05) is 6.61 Å². The second kappa shape index (κ2) is 8.59. The van der Waals surface area contributed by atoms with E-state index in [4.69, 9.17) is 9.15 Å². The van der Waals surface area contributed by atoms with Crippen LogP contribution in [0.4, 0.5) is 0 Å². The Bertz CT molecular complexity index is 1510. The number of fused-ring (bicyclic) bond motifs is 2. The van der Waals surface area contributed by atoms with Gasteiger partial charge in [-0.3, -0.25) is 4.79 Å². The molecule has 162 valence electrons. The lowest BCUT2D eigenvalue weighted by Gasteiger charge is -2.08. The second-order valence-corrected chi connectivity index (χ2v) is 8.70. The van der Waals surface area contributed by atoms with Crippen LogP contribution in [0.3, 0.4) is 0 Å². The Labute approximate surface area is 188 Å². The summed E-state index contributed by atoms with van der Waals surface area (Å²) < 4.78 is 13.8. The van der Waals surface area contributed by atoms with Crippen LogP contribution in [0, 0.1) is 6.92 Å². The topological polar surface area (TPSA) is 69.6 Å². The first kappa shape index (κ1) is 20.5. The van der Waals surface area contributed by atoms with Crippen molar-refractivity contribution >= 4 is 33.3 Å². The third-order valence-corrected chi connectivity index (χ3v) is 6.40. The zero-order valence-corrected chi connectivity index (χ0v) is 18.8. The summed E-state index contributed by atoms with van der Waals surface area (Å²) in [6.45, 7) is 4.81. The molecule has 7 heteroatoms. The van der Waals surface area contributed by atoms with E-state index in [2.05, 4.69) is 17.0 Å². The lowest BCUT2D eigenvalue weighted by molar-refractivity contribution is 0.305. The highest BCUT2D eigenvalue weighted by atomic mass is 32.1. The maximum absolute atomic E-state index is 13.0. The maximum Gasteiger partial charge on any atom is 0.291 e. The van der Waals surface area contributed by atoms with E-state index in [1.807, 2.05) is 61.5 Å². The molecule has 0 aliphatic rings. The van der Waals surface area contributed by atoms with Crippen molar-refractivity contribution in [2.45, 2.75) is 33.1 Å². The number of para-hydroxylation sites is 2. The summed E-state index contributed by atoms with van der Waals surface area (Å²) in [5.74, 6) is 1.80. The smallest absolute Gasteiger partial charge is 0.291 e. The highest BCUT2D eigenvalue weighted by molar-refractivity contribution is 7.15. The predicted molar refractivity (Wildman–Crippen MR) is 127 cm³/mol. The fraction of sp³-hybridized carbons (Fsp3) is 0.240. The van der Waals surface area contributed by atoms with Gasteiger partial charge in [0.05, 0.1) is 11.1 Å². The first-order valence-electron chi connectivity index (χ1n) is 10.8. The van der Waals surface area contributed by atoms with Gasteiger partial charge in [-0.25, -0.2) is 0 Å². The van der Waals surface area contributed by atoms with Crippen molar-refractivity contribution in [3.05, 3.63) is 74.5 Å². The minimum absolute atomic E-state index is 0.196. The lowest BCUT2D eigenvalue weighted by atomic mass is 10.1. The number of hydrogen-bond donors (Lipinski definition) is 0. The van der Waals surface area contributed by atoms with E-state index in [1.54, 1.807) is 0 Å². The Hall–Kier alpha value is -3.45.